The van der Waals surface area contributed by atoms with Gasteiger partial charge in [0.2, 0.25) is 12.7 Å². The second-order valence-electron chi connectivity index (χ2n) is 7.36. The van der Waals surface area contributed by atoms with Crippen LogP contribution in [-0.2, 0) is 16.1 Å². The summed E-state index contributed by atoms with van der Waals surface area (Å²) in [5.74, 6) is 0.230. The van der Waals surface area contributed by atoms with E-state index in [0.717, 1.165) is 9.13 Å². The molecule has 0 spiro atoms. The van der Waals surface area contributed by atoms with E-state index in [4.69, 9.17) is 9.47 Å². The van der Waals surface area contributed by atoms with Gasteiger partial charge in [-0.3, -0.25) is 14.4 Å². The molecule has 162 valence electrons. The Morgan fingerprint density at radius 1 is 1.09 bits per heavy atom. The van der Waals surface area contributed by atoms with Crippen molar-refractivity contribution in [2.24, 2.45) is 0 Å². The van der Waals surface area contributed by atoms with Crippen molar-refractivity contribution in [3.8, 4) is 11.5 Å². The Morgan fingerprint density at radius 2 is 1.88 bits per heavy atom. The summed E-state index contributed by atoms with van der Waals surface area (Å²) in [6.07, 6.45) is -0.0630. The molecule has 0 saturated carbocycles. The normalized spacial score (nSPS) is 17.2. The van der Waals surface area contributed by atoms with Crippen molar-refractivity contribution in [3.05, 3.63) is 74.0 Å². The number of benzene rings is 2. The van der Waals surface area contributed by atoms with E-state index < -0.39 is 11.9 Å². The van der Waals surface area contributed by atoms with Crippen molar-refractivity contribution in [1.82, 2.24) is 4.90 Å². The zero-order valence-electron chi connectivity index (χ0n) is 16.7. The molecular weight excluding hydrogens is 543 g/mol. The van der Waals surface area contributed by atoms with Crippen molar-refractivity contribution < 1.29 is 23.9 Å². The minimum atomic E-state index is -0.887. The van der Waals surface area contributed by atoms with Crippen LogP contribution in [0.15, 0.2) is 60.0 Å². The minimum absolute atomic E-state index is 0.0630. The molecule has 1 aromatic heterocycles. The van der Waals surface area contributed by atoms with Crippen molar-refractivity contribution >= 4 is 57.3 Å². The lowest BCUT2D eigenvalue weighted by Gasteiger charge is -2.27. The summed E-state index contributed by atoms with van der Waals surface area (Å²) in [6.45, 7) is 0.314. The van der Waals surface area contributed by atoms with Gasteiger partial charge in [-0.05, 0) is 76.0 Å². The van der Waals surface area contributed by atoms with Gasteiger partial charge >= 0.3 is 0 Å². The van der Waals surface area contributed by atoms with E-state index in [2.05, 4.69) is 22.6 Å². The van der Waals surface area contributed by atoms with E-state index in [1.54, 1.807) is 36.4 Å². The van der Waals surface area contributed by atoms with Crippen molar-refractivity contribution in [3.63, 3.8) is 0 Å². The zero-order valence-corrected chi connectivity index (χ0v) is 19.7. The molecule has 32 heavy (non-hydrogen) atoms. The average molecular weight is 560 g/mol. The molecule has 0 radical (unpaired) electrons. The molecule has 2 aliphatic heterocycles. The van der Waals surface area contributed by atoms with Gasteiger partial charge < -0.3 is 14.4 Å². The molecule has 0 bridgehead atoms. The van der Waals surface area contributed by atoms with Gasteiger partial charge in [-0.25, -0.2) is 4.90 Å². The Balaban J connectivity index is 1.47. The largest absolute Gasteiger partial charge is 0.454 e. The number of rotatable bonds is 5. The smallest absolute Gasteiger partial charge is 0.264 e. The van der Waals surface area contributed by atoms with E-state index in [0.29, 0.717) is 22.1 Å². The maximum absolute atomic E-state index is 13.4. The van der Waals surface area contributed by atoms with Crippen LogP contribution in [0, 0.1) is 3.57 Å². The predicted molar refractivity (Wildman–Crippen MR) is 127 cm³/mol. The molecule has 3 amide bonds. The highest BCUT2D eigenvalue weighted by Crippen LogP contribution is 2.34. The molecule has 1 fully saturated rings. The van der Waals surface area contributed by atoms with Crippen LogP contribution in [0.25, 0.3) is 0 Å². The highest BCUT2D eigenvalue weighted by molar-refractivity contribution is 14.1. The van der Waals surface area contributed by atoms with Crippen LogP contribution in [0.5, 0.6) is 11.5 Å². The summed E-state index contributed by atoms with van der Waals surface area (Å²) < 4.78 is 11.8. The lowest BCUT2D eigenvalue weighted by molar-refractivity contribution is -0.122. The summed E-state index contributed by atoms with van der Waals surface area (Å²) in [7, 11) is 0. The van der Waals surface area contributed by atoms with Gasteiger partial charge in [-0.2, -0.15) is 0 Å². The van der Waals surface area contributed by atoms with E-state index in [1.165, 1.54) is 21.1 Å². The fraction of sp³-hybridized carbons (Fsp3) is 0.174. The van der Waals surface area contributed by atoms with Crippen LogP contribution in [0.1, 0.15) is 21.7 Å². The molecule has 9 heteroatoms. The van der Waals surface area contributed by atoms with E-state index in [9.17, 15) is 14.4 Å². The van der Waals surface area contributed by atoms with E-state index >= 15 is 0 Å². The van der Waals surface area contributed by atoms with Crippen LogP contribution >= 0.6 is 33.9 Å². The summed E-state index contributed by atoms with van der Waals surface area (Å²) >= 11 is 3.47. The number of halogens is 1. The van der Waals surface area contributed by atoms with Gasteiger partial charge in [0.25, 0.3) is 11.8 Å². The molecule has 2 aromatic carbocycles. The van der Waals surface area contributed by atoms with Gasteiger partial charge in [0.1, 0.15) is 6.04 Å². The van der Waals surface area contributed by atoms with Gasteiger partial charge in [0, 0.05) is 10.1 Å². The molecule has 1 unspecified atom stereocenters. The Hall–Kier alpha value is -2.92. The summed E-state index contributed by atoms with van der Waals surface area (Å²) in [5, 5.41) is 1.81. The summed E-state index contributed by atoms with van der Waals surface area (Å²) in [6, 6.07) is 15.2. The zero-order chi connectivity index (χ0) is 22.2. The number of imide groups is 1. The number of fused-ring (bicyclic) bond motifs is 1. The second-order valence-corrected chi connectivity index (χ2v) is 9.56. The first-order valence-electron chi connectivity index (χ1n) is 9.86. The van der Waals surface area contributed by atoms with Gasteiger partial charge in [-0.15, -0.1) is 11.3 Å². The number of carbonyl (C=O) groups is 3. The standard InChI is InChI=1S/C23H17IN2O5S/c24-15-4-6-16(7-5-15)26-21(27)11-17(22(26)28)25(23(29)20-2-1-9-32-20)12-14-3-8-18-19(10-14)31-13-30-18/h1-10,17H,11-13H2. The van der Waals surface area contributed by atoms with Crippen LogP contribution in [0.3, 0.4) is 0 Å². The average Bonchev–Trinajstić information content (AvgIpc) is 3.53. The van der Waals surface area contributed by atoms with Crippen molar-refractivity contribution in [2.75, 3.05) is 11.7 Å². The van der Waals surface area contributed by atoms with Gasteiger partial charge in [0.15, 0.2) is 11.5 Å². The highest BCUT2D eigenvalue weighted by Gasteiger charge is 2.44. The number of carbonyl (C=O) groups excluding carboxylic acids is 3. The number of amides is 3. The first kappa shape index (κ1) is 21.0. The van der Waals surface area contributed by atoms with Gasteiger partial charge in [-0.1, -0.05) is 12.1 Å². The number of hydrogen-bond acceptors (Lipinski definition) is 6. The lowest BCUT2D eigenvalue weighted by Crippen LogP contribution is -2.44. The number of hydrogen-bond donors (Lipinski definition) is 0. The molecule has 3 heterocycles. The molecule has 1 atom stereocenters. The number of nitrogens with zero attached hydrogens (tertiary/aromatic N) is 2. The lowest BCUT2D eigenvalue weighted by atomic mass is 10.1. The molecular formula is C23H17IN2O5S. The van der Waals surface area contributed by atoms with E-state index in [-0.39, 0.29) is 31.6 Å². The molecule has 0 aliphatic carbocycles. The predicted octanol–water partition coefficient (Wildman–Crippen LogP) is 4.06. The maximum atomic E-state index is 13.4. The third kappa shape index (κ3) is 3.86. The van der Waals surface area contributed by atoms with Gasteiger partial charge in [0.05, 0.1) is 17.0 Å². The number of thiophene rings is 1. The third-order valence-corrected chi connectivity index (χ3v) is 6.94. The Morgan fingerprint density at radius 3 is 2.62 bits per heavy atom. The molecule has 2 aliphatic rings. The minimum Gasteiger partial charge on any atom is -0.454 e. The summed E-state index contributed by atoms with van der Waals surface area (Å²) in [4.78, 5) is 42.7. The van der Waals surface area contributed by atoms with Crippen LogP contribution in [-0.4, -0.2) is 35.5 Å². The van der Waals surface area contributed by atoms with E-state index in [1.807, 2.05) is 23.6 Å². The third-order valence-electron chi connectivity index (χ3n) is 5.37. The Kier molecular flexibility index (Phi) is 5.60. The first-order valence-corrected chi connectivity index (χ1v) is 11.8. The maximum Gasteiger partial charge on any atom is 0.264 e. The van der Waals surface area contributed by atoms with Crippen LogP contribution in [0.2, 0.25) is 0 Å². The number of ether oxygens (including phenoxy) is 2. The molecule has 3 aromatic rings. The topological polar surface area (TPSA) is 76.1 Å². The van der Waals surface area contributed by atoms with Crippen LogP contribution < -0.4 is 14.4 Å². The first-order chi connectivity index (χ1) is 15.5. The Labute approximate surface area is 201 Å². The highest BCUT2D eigenvalue weighted by atomic mass is 127. The monoisotopic (exact) mass is 560 g/mol. The number of anilines is 1. The molecule has 1 saturated heterocycles. The van der Waals surface area contributed by atoms with Crippen molar-refractivity contribution in [2.45, 2.75) is 19.0 Å². The molecule has 7 nitrogen and oxygen atoms in total. The Bertz CT molecular complexity index is 1200. The summed E-state index contributed by atoms with van der Waals surface area (Å²) in [5.41, 5.74) is 1.29. The fourth-order valence-electron chi connectivity index (χ4n) is 3.82. The van der Waals surface area contributed by atoms with Crippen molar-refractivity contribution in [1.29, 1.82) is 0 Å². The molecule has 0 N–H and O–H groups in total. The molecule has 5 rings (SSSR count). The SMILES string of the molecule is O=C1CC(N(Cc2ccc3c(c2)OCO3)C(=O)c2cccs2)C(=O)N1c1ccc(I)cc1. The van der Waals surface area contributed by atoms with Crippen LogP contribution in [0.4, 0.5) is 5.69 Å². The second kappa shape index (κ2) is 8.55. The quantitative estimate of drug-likeness (QED) is 0.348. The fourth-order valence-corrected chi connectivity index (χ4v) is 4.86.